The fourth-order valence-corrected chi connectivity index (χ4v) is 4.31. The normalized spacial score (nSPS) is 15.2. The van der Waals surface area contributed by atoms with Crippen LogP contribution in [-0.4, -0.2) is 69.5 Å². The maximum atomic E-state index is 12.6. The van der Waals surface area contributed by atoms with Crippen molar-refractivity contribution in [3.63, 3.8) is 0 Å². The molecule has 1 aliphatic rings. The zero-order valence-corrected chi connectivity index (χ0v) is 19.2. The molecular formula is C25H32N4O4. The average molecular weight is 453 g/mol. The topological polar surface area (TPSA) is 87.9 Å². The fourth-order valence-electron chi connectivity index (χ4n) is 4.31. The number of benzene rings is 2. The van der Waals surface area contributed by atoms with E-state index in [1.165, 1.54) is 10.9 Å². The lowest BCUT2D eigenvalue weighted by atomic mass is 10.0. The zero-order valence-electron chi connectivity index (χ0n) is 19.2. The molecule has 1 atom stereocenters. The number of para-hydroxylation sites is 1. The molecule has 3 N–H and O–H groups in total. The summed E-state index contributed by atoms with van der Waals surface area (Å²) in [5.41, 5.74) is 3.37. The first kappa shape index (κ1) is 22.9. The number of aromatic amines is 1. The number of amides is 2. The van der Waals surface area contributed by atoms with Crippen molar-refractivity contribution in [1.29, 1.82) is 0 Å². The van der Waals surface area contributed by atoms with Gasteiger partial charge in [0, 0.05) is 43.3 Å². The smallest absolute Gasteiger partial charge is 0.314 e. The fraction of sp³-hybridized carbons (Fsp3) is 0.400. The Morgan fingerprint density at radius 3 is 2.67 bits per heavy atom. The molecule has 1 aliphatic heterocycles. The van der Waals surface area contributed by atoms with Crippen LogP contribution in [0.4, 0.5) is 4.79 Å². The summed E-state index contributed by atoms with van der Waals surface area (Å²) < 4.78 is 16.4. The van der Waals surface area contributed by atoms with Gasteiger partial charge in [0.1, 0.15) is 0 Å². The minimum absolute atomic E-state index is 0.00748. The van der Waals surface area contributed by atoms with Gasteiger partial charge in [0.15, 0.2) is 11.5 Å². The SMILES string of the molecule is COc1ccc(C(CNC(=O)NCCc2c[nH]c3ccccc23)N2CCOCC2)cc1OC. The molecule has 0 spiro atoms. The molecule has 2 aromatic carbocycles. The van der Waals surface area contributed by atoms with Crippen LogP contribution in [0.25, 0.3) is 10.9 Å². The highest BCUT2D eigenvalue weighted by molar-refractivity contribution is 5.83. The molecule has 1 saturated heterocycles. The van der Waals surface area contributed by atoms with Gasteiger partial charge in [0.2, 0.25) is 0 Å². The van der Waals surface area contributed by atoms with Crippen molar-refractivity contribution in [2.75, 3.05) is 53.6 Å². The molecule has 8 nitrogen and oxygen atoms in total. The number of nitrogens with one attached hydrogen (secondary N) is 3. The quantitative estimate of drug-likeness (QED) is 0.464. The number of methoxy groups -OCH3 is 2. The van der Waals surface area contributed by atoms with Crippen LogP contribution in [0.1, 0.15) is 17.2 Å². The van der Waals surface area contributed by atoms with Crippen molar-refractivity contribution in [3.8, 4) is 11.5 Å². The summed E-state index contributed by atoms with van der Waals surface area (Å²) in [5, 5.41) is 7.23. The van der Waals surface area contributed by atoms with Crippen LogP contribution in [0, 0.1) is 0 Å². The first-order valence-corrected chi connectivity index (χ1v) is 11.3. The van der Waals surface area contributed by atoms with Crippen LogP contribution in [0.3, 0.4) is 0 Å². The maximum absolute atomic E-state index is 12.6. The van der Waals surface area contributed by atoms with E-state index in [1.807, 2.05) is 36.5 Å². The van der Waals surface area contributed by atoms with E-state index in [-0.39, 0.29) is 12.1 Å². The summed E-state index contributed by atoms with van der Waals surface area (Å²) in [6.07, 6.45) is 2.77. The van der Waals surface area contributed by atoms with Gasteiger partial charge in [0.05, 0.1) is 33.5 Å². The molecule has 2 heterocycles. The number of hydrogen-bond acceptors (Lipinski definition) is 5. The van der Waals surface area contributed by atoms with Gasteiger partial charge >= 0.3 is 6.03 Å². The van der Waals surface area contributed by atoms with E-state index in [1.54, 1.807) is 14.2 Å². The lowest BCUT2D eigenvalue weighted by Gasteiger charge is -2.35. The molecular weight excluding hydrogens is 420 g/mol. The van der Waals surface area contributed by atoms with Gasteiger partial charge in [0.25, 0.3) is 0 Å². The Morgan fingerprint density at radius 2 is 1.88 bits per heavy atom. The predicted molar refractivity (Wildman–Crippen MR) is 128 cm³/mol. The lowest BCUT2D eigenvalue weighted by Crippen LogP contribution is -2.46. The number of ether oxygens (including phenoxy) is 3. The van der Waals surface area contributed by atoms with E-state index in [4.69, 9.17) is 14.2 Å². The Labute approximate surface area is 194 Å². The first-order valence-electron chi connectivity index (χ1n) is 11.3. The standard InChI is InChI=1S/C25H32N4O4/c1-31-23-8-7-18(15-24(23)32-2)22(29-11-13-33-14-12-29)17-28-25(30)26-10-9-19-16-27-21-6-4-3-5-20(19)21/h3-8,15-16,22,27H,9-14,17H2,1-2H3,(H2,26,28,30). The van der Waals surface area contributed by atoms with Gasteiger partial charge in [-0.25, -0.2) is 4.79 Å². The third-order valence-electron chi connectivity index (χ3n) is 6.09. The summed E-state index contributed by atoms with van der Waals surface area (Å²) in [6, 6.07) is 13.9. The predicted octanol–water partition coefficient (Wildman–Crippen LogP) is 3.10. The Balaban J connectivity index is 1.36. The molecule has 0 aliphatic carbocycles. The molecule has 1 aromatic heterocycles. The third-order valence-corrected chi connectivity index (χ3v) is 6.09. The van der Waals surface area contributed by atoms with Gasteiger partial charge in [-0.15, -0.1) is 0 Å². The summed E-state index contributed by atoms with van der Waals surface area (Å²) in [6.45, 7) is 4.02. The number of morpholine rings is 1. The number of nitrogens with zero attached hydrogens (tertiary/aromatic N) is 1. The van der Waals surface area contributed by atoms with E-state index in [2.05, 4.69) is 32.7 Å². The number of H-pyrrole nitrogens is 1. The van der Waals surface area contributed by atoms with E-state index in [0.717, 1.165) is 30.6 Å². The van der Waals surface area contributed by atoms with Crippen molar-refractivity contribution < 1.29 is 19.0 Å². The molecule has 2 amide bonds. The largest absolute Gasteiger partial charge is 0.493 e. The van der Waals surface area contributed by atoms with Crippen molar-refractivity contribution in [2.24, 2.45) is 0 Å². The minimum atomic E-state index is -0.173. The summed E-state index contributed by atoms with van der Waals surface area (Å²) in [5.74, 6) is 1.36. The summed E-state index contributed by atoms with van der Waals surface area (Å²) >= 11 is 0. The van der Waals surface area contributed by atoms with Crippen LogP contribution in [0.5, 0.6) is 11.5 Å². The molecule has 176 valence electrons. The summed E-state index contributed by atoms with van der Waals surface area (Å²) in [4.78, 5) is 18.2. The second-order valence-electron chi connectivity index (χ2n) is 8.02. The van der Waals surface area contributed by atoms with Crippen molar-refractivity contribution in [2.45, 2.75) is 12.5 Å². The zero-order chi connectivity index (χ0) is 23.0. The van der Waals surface area contributed by atoms with Crippen LogP contribution < -0.4 is 20.1 Å². The monoisotopic (exact) mass is 452 g/mol. The second kappa shape index (κ2) is 11.1. The van der Waals surface area contributed by atoms with Gasteiger partial charge in [-0.3, -0.25) is 4.90 Å². The van der Waals surface area contributed by atoms with Crippen LogP contribution in [0.15, 0.2) is 48.7 Å². The molecule has 0 saturated carbocycles. The molecule has 0 bridgehead atoms. The Hall–Kier alpha value is -3.23. The average Bonchev–Trinajstić information content (AvgIpc) is 3.27. The van der Waals surface area contributed by atoms with Crippen LogP contribution in [-0.2, 0) is 11.2 Å². The second-order valence-corrected chi connectivity index (χ2v) is 8.02. The summed E-state index contributed by atoms with van der Waals surface area (Å²) in [7, 11) is 3.25. The van der Waals surface area contributed by atoms with Crippen LogP contribution in [0.2, 0.25) is 0 Å². The molecule has 1 fully saturated rings. The number of carbonyl (C=O) groups excluding carboxylic acids is 1. The number of rotatable bonds is 9. The Morgan fingerprint density at radius 1 is 1.09 bits per heavy atom. The molecule has 33 heavy (non-hydrogen) atoms. The van der Waals surface area contributed by atoms with Gasteiger partial charge in [-0.05, 0) is 35.7 Å². The maximum Gasteiger partial charge on any atom is 0.314 e. The Bertz CT molecular complexity index is 1060. The Kier molecular flexibility index (Phi) is 7.70. The molecule has 3 aromatic rings. The first-order chi connectivity index (χ1) is 16.2. The minimum Gasteiger partial charge on any atom is -0.493 e. The molecule has 4 rings (SSSR count). The highest BCUT2D eigenvalue weighted by atomic mass is 16.5. The van der Waals surface area contributed by atoms with Gasteiger partial charge in [-0.1, -0.05) is 24.3 Å². The van der Waals surface area contributed by atoms with E-state index in [9.17, 15) is 4.79 Å². The van der Waals surface area contributed by atoms with Crippen molar-refractivity contribution >= 4 is 16.9 Å². The number of aromatic nitrogens is 1. The van der Waals surface area contributed by atoms with Gasteiger partial charge < -0.3 is 29.8 Å². The van der Waals surface area contributed by atoms with Gasteiger partial charge in [-0.2, -0.15) is 0 Å². The van der Waals surface area contributed by atoms with E-state index < -0.39 is 0 Å². The van der Waals surface area contributed by atoms with Crippen molar-refractivity contribution in [1.82, 2.24) is 20.5 Å². The highest BCUT2D eigenvalue weighted by Crippen LogP contribution is 2.32. The highest BCUT2D eigenvalue weighted by Gasteiger charge is 2.24. The lowest BCUT2D eigenvalue weighted by molar-refractivity contribution is 0.0166. The van der Waals surface area contributed by atoms with E-state index >= 15 is 0 Å². The number of carbonyl (C=O) groups is 1. The number of hydrogen-bond donors (Lipinski definition) is 3. The van der Waals surface area contributed by atoms with E-state index in [0.29, 0.717) is 37.8 Å². The molecule has 1 unspecified atom stereocenters. The number of fused-ring (bicyclic) bond motifs is 1. The van der Waals surface area contributed by atoms with Crippen molar-refractivity contribution in [3.05, 3.63) is 59.8 Å². The van der Waals surface area contributed by atoms with Crippen LogP contribution >= 0.6 is 0 Å². The third kappa shape index (κ3) is 5.58. The molecule has 0 radical (unpaired) electrons. The number of urea groups is 1. The molecule has 8 heteroatoms.